The molecule has 35 heavy (non-hydrogen) atoms. The predicted molar refractivity (Wildman–Crippen MR) is 134 cm³/mol. The van der Waals surface area contributed by atoms with Gasteiger partial charge in [-0.25, -0.2) is 0 Å². The maximum absolute atomic E-state index is 13.2. The number of hydrogen-bond acceptors (Lipinski definition) is 6. The number of nitrogens with one attached hydrogen (secondary N) is 2. The van der Waals surface area contributed by atoms with E-state index in [0.29, 0.717) is 5.02 Å². The second-order valence-corrected chi connectivity index (χ2v) is 8.25. The van der Waals surface area contributed by atoms with Crippen LogP contribution < -0.4 is 21.1 Å². The van der Waals surface area contributed by atoms with E-state index in [1.807, 2.05) is 30.3 Å². The van der Waals surface area contributed by atoms with Crippen molar-refractivity contribution >= 4 is 46.4 Å². The molecule has 9 nitrogen and oxygen atoms in total. The third-order valence-corrected chi connectivity index (χ3v) is 5.44. The third-order valence-electron chi connectivity index (χ3n) is 4.89. The van der Waals surface area contributed by atoms with Gasteiger partial charge in [0.1, 0.15) is 18.4 Å². The fourth-order valence-electron chi connectivity index (χ4n) is 3.21. The standard InChI is InChI=1S/C24H22Cl2N4O5/c25-16-6-9-22(35-11-10-27)18(13-16)23(31)29-21(12-15-4-2-1-3-5-15)24(32)28-20-8-7-17(30(33)34)14-19(20)26/h1-9,13-14,21H,10-12,27H2,(H,28,32)(H,29,31)/t21-/m1/s1. The molecular weight excluding hydrogens is 495 g/mol. The van der Waals surface area contributed by atoms with Crippen LogP contribution >= 0.6 is 23.2 Å². The van der Waals surface area contributed by atoms with E-state index in [2.05, 4.69) is 10.6 Å². The summed E-state index contributed by atoms with van der Waals surface area (Å²) in [4.78, 5) is 36.7. The van der Waals surface area contributed by atoms with Gasteiger partial charge in [-0.2, -0.15) is 0 Å². The van der Waals surface area contributed by atoms with Crippen LogP contribution in [0.1, 0.15) is 15.9 Å². The van der Waals surface area contributed by atoms with Gasteiger partial charge in [-0.05, 0) is 29.8 Å². The van der Waals surface area contributed by atoms with Crippen molar-refractivity contribution < 1.29 is 19.2 Å². The van der Waals surface area contributed by atoms with E-state index >= 15 is 0 Å². The highest BCUT2D eigenvalue weighted by molar-refractivity contribution is 6.34. The van der Waals surface area contributed by atoms with Crippen molar-refractivity contribution in [3.05, 3.63) is 98.0 Å². The number of carbonyl (C=O) groups excluding carboxylic acids is 2. The van der Waals surface area contributed by atoms with E-state index in [4.69, 9.17) is 33.7 Å². The van der Waals surface area contributed by atoms with Crippen LogP contribution in [0.4, 0.5) is 11.4 Å². The van der Waals surface area contributed by atoms with Crippen molar-refractivity contribution in [1.82, 2.24) is 5.32 Å². The van der Waals surface area contributed by atoms with Gasteiger partial charge in [0.25, 0.3) is 11.6 Å². The Balaban J connectivity index is 1.86. The third kappa shape index (κ3) is 7.16. The molecule has 0 radical (unpaired) electrons. The van der Waals surface area contributed by atoms with E-state index in [-0.39, 0.29) is 47.3 Å². The van der Waals surface area contributed by atoms with Crippen LogP contribution in [0.2, 0.25) is 10.0 Å². The van der Waals surface area contributed by atoms with Gasteiger partial charge in [-0.1, -0.05) is 53.5 Å². The molecule has 0 saturated carbocycles. The van der Waals surface area contributed by atoms with Crippen LogP contribution in [-0.2, 0) is 11.2 Å². The number of amides is 2. The molecule has 0 aliphatic heterocycles. The molecule has 4 N–H and O–H groups in total. The summed E-state index contributed by atoms with van der Waals surface area (Å²) < 4.78 is 5.55. The number of rotatable bonds is 10. The fraction of sp³-hybridized carbons (Fsp3) is 0.167. The Morgan fingerprint density at radius 3 is 2.46 bits per heavy atom. The van der Waals surface area contributed by atoms with E-state index in [1.54, 1.807) is 12.1 Å². The van der Waals surface area contributed by atoms with Crippen LogP contribution in [0.3, 0.4) is 0 Å². The second kappa shape index (κ2) is 12.2. The minimum Gasteiger partial charge on any atom is -0.491 e. The minimum atomic E-state index is -1.02. The van der Waals surface area contributed by atoms with Gasteiger partial charge in [0.05, 0.1) is 21.2 Å². The smallest absolute Gasteiger partial charge is 0.271 e. The van der Waals surface area contributed by atoms with Crippen LogP contribution in [0.15, 0.2) is 66.7 Å². The summed E-state index contributed by atoms with van der Waals surface area (Å²) in [7, 11) is 0. The van der Waals surface area contributed by atoms with Crippen molar-refractivity contribution in [3.8, 4) is 5.75 Å². The summed E-state index contributed by atoms with van der Waals surface area (Å²) >= 11 is 12.2. The van der Waals surface area contributed by atoms with Crippen LogP contribution in [-0.4, -0.2) is 35.9 Å². The number of benzene rings is 3. The van der Waals surface area contributed by atoms with Gasteiger partial charge in [-0.15, -0.1) is 0 Å². The molecule has 0 bridgehead atoms. The molecule has 3 aromatic rings. The molecule has 0 aliphatic rings. The minimum absolute atomic E-state index is 0.00958. The largest absolute Gasteiger partial charge is 0.491 e. The topological polar surface area (TPSA) is 137 Å². The number of nitro benzene ring substituents is 1. The summed E-state index contributed by atoms with van der Waals surface area (Å²) in [6.45, 7) is 0.438. The monoisotopic (exact) mass is 516 g/mol. The zero-order valence-corrected chi connectivity index (χ0v) is 19.9. The number of nitrogens with zero attached hydrogens (tertiary/aromatic N) is 1. The average Bonchev–Trinajstić information content (AvgIpc) is 2.84. The van der Waals surface area contributed by atoms with Crippen LogP contribution in [0.25, 0.3) is 0 Å². The lowest BCUT2D eigenvalue weighted by molar-refractivity contribution is -0.384. The number of hydrogen-bond donors (Lipinski definition) is 3. The summed E-state index contributed by atoms with van der Waals surface area (Å²) in [5.41, 5.74) is 6.40. The molecule has 1 atom stereocenters. The van der Waals surface area contributed by atoms with Gasteiger partial charge in [0.15, 0.2) is 0 Å². The maximum atomic E-state index is 13.2. The molecule has 11 heteroatoms. The Morgan fingerprint density at radius 2 is 1.80 bits per heavy atom. The Bertz CT molecular complexity index is 1220. The van der Waals surface area contributed by atoms with E-state index in [1.165, 1.54) is 18.2 Å². The molecule has 0 heterocycles. The SMILES string of the molecule is NCCOc1ccc(Cl)cc1C(=O)N[C@H](Cc1ccccc1)C(=O)Nc1ccc([N+](=O)[O-])cc1Cl. The zero-order valence-electron chi connectivity index (χ0n) is 18.4. The second-order valence-electron chi connectivity index (χ2n) is 7.40. The summed E-state index contributed by atoms with van der Waals surface area (Å²) in [6.07, 6.45) is 0.169. The van der Waals surface area contributed by atoms with Crippen LogP contribution in [0.5, 0.6) is 5.75 Å². The normalized spacial score (nSPS) is 11.4. The van der Waals surface area contributed by atoms with Crippen molar-refractivity contribution in [1.29, 1.82) is 0 Å². The number of carbonyl (C=O) groups is 2. The average molecular weight is 517 g/mol. The Morgan fingerprint density at radius 1 is 1.06 bits per heavy atom. The van der Waals surface area contributed by atoms with Crippen LogP contribution in [0, 0.1) is 10.1 Å². The summed E-state index contributed by atoms with van der Waals surface area (Å²) in [6, 6.07) is 16.3. The number of halogens is 2. The number of anilines is 1. The molecule has 0 fully saturated rings. The van der Waals surface area contributed by atoms with E-state index in [9.17, 15) is 19.7 Å². The molecule has 182 valence electrons. The first kappa shape index (κ1) is 26.0. The van der Waals surface area contributed by atoms with Crippen molar-refractivity contribution in [2.45, 2.75) is 12.5 Å². The lowest BCUT2D eigenvalue weighted by Gasteiger charge is -2.20. The number of ether oxygens (including phenoxy) is 1. The predicted octanol–water partition coefficient (Wildman–Crippen LogP) is 4.22. The molecule has 0 unspecified atom stereocenters. The Labute approximate surface area is 211 Å². The number of nitro groups is 1. The van der Waals surface area contributed by atoms with Gasteiger partial charge >= 0.3 is 0 Å². The highest BCUT2D eigenvalue weighted by Gasteiger charge is 2.25. The molecule has 3 aromatic carbocycles. The number of non-ortho nitro benzene ring substituents is 1. The first-order chi connectivity index (χ1) is 16.8. The molecule has 0 aliphatic carbocycles. The summed E-state index contributed by atoms with van der Waals surface area (Å²) in [5.74, 6) is -0.871. The molecular formula is C24H22Cl2N4O5. The lowest BCUT2D eigenvalue weighted by atomic mass is 10.0. The highest BCUT2D eigenvalue weighted by atomic mass is 35.5. The first-order valence-electron chi connectivity index (χ1n) is 10.5. The Hall–Kier alpha value is -3.66. The van der Waals surface area contributed by atoms with Gasteiger partial charge < -0.3 is 21.1 Å². The van der Waals surface area contributed by atoms with Gasteiger partial charge in [0.2, 0.25) is 5.91 Å². The number of nitrogens with two attached hydrogens (primary N) is 1. The molecule has 2 amide bonds. The lowest BCUT2D eigenvalue weighted by Crippen LogP contribution is -2.45. The molecule has 0 spiro atoms. The molecule has 0 saturated heterocycles. The van der Waals surface area contributed by atoms with Crippen molar-refractivity contribution in [2.75, 3.05) is 18.5 Å². The van der Waals surface area contributed by atoms with Crippen molar-refractivity contribution in [2.24, 2.45) is 5.73 Å². The fourth-order valence-corrected chi connectivity index (χ4v) is 3.60. The first-order valence-corrected chi connectivity index (χ1v) is 11.3. The molecule has 3 rings (SSSR count). The summed E-state index contributed by atoms with van der Waals surface area (Å²) in [5, 5.41) is 16.6. The van der Waals surface area contributed by atoms with Gasteiger partial charge in [0, 0.05) is 30.1 Å². The van der Waals surface area contributed by atoms with Crippen molar-refractivity contribution in [3.63, 3.8) is 0 Å². The van der Waals surface area contributed by atoms with E-state index < -0.39 is 22.8 Å². The Kier molecular flexibility index (Phi) is 9.02. The quantitative estimate of drug-likeness (QED) is 0.272. The van der Waals surface area contributed by atoms with Gasteiger partial charge in [-0.3, -0.25) is 19.7 Å². The maximum Gasteiger partial charge on any atom is 0.271 e. The zero-order chi connectivity index (χ0) is 25.4. The highest BCUT2D eigenvalue weighted by Crippen LogP contribution is 2.27. The van der Waals surface area contributed by atoms with E-state index in [0.717, 1.165) is 11.6 Å². The molecule has 0 aromatic heterocycles.